The van der Waals surface area contributed by atoms with E-state index in [0.29, 0.717) is 33.5 Å². The lowest BCUT2D eigenvalue weighted by molar-refractivity contribution is 0.0944. The van der Waals surface area contributed by atoms with Gasteiger partial charge in [-0.25, -0.2) is 0 Å². The number of carbonyl (C=O) groups excluding carboxylic acids is 1. The number of hydrogen-bond acceptors (Lipinski definition) is 5. The Labute approximate surface area is 202 Å². The first-order valence-electron chi connectivity index (χ1n) is 9.32. The molecule has 0 spiro atoms. The molecule has 10 heteroatoms. The number of aromatic nitrogens is 2. The molecule has 7 nitrogen and oxygen atoms in total. The first-order chi connectivity index (χ1) is 15.5. The summed E-state index contributed by atoms with van der Waals surface area (Å²) >= 11 is 14.8. The molecular formula is C22H15BrClN5O2S. The van der Waals surface area contributed by atoms with Crippen LogP contribution in [0.1, 0.15) is 10.4 Å². The van der Waals surface area contributed by atoms with E-state index in [1.807, 2.05) is 36.4 Å². The lowest BCUT2D eigenvalue weighted by Gasteiger charge is -2.12. The zero-order chi connectivity index (χ0) is 22.5. The summed E-state index contributed by atoms with van der Waals surface area (Å²) in [7, 11) is 0. The summed E-state index contributed by atoms with van der Waals surface area (Å²) in [5.41, 5.74) is 7.76. The van der Waals surface area contributed by atoms with E-state index in [2.05, 4.69) is 42.3 Å². The Hall–Kier alpha value is -3.27. The molecule has 0 fully saturated rings. The molecular weight excluding hydrogens is 514 g/mol. The number of rotatable bonds is 4. The third kappa shape index (κ3) is 5.13. The van der Waals surface area contributed by atoms with Crippen molar-refractivity contribution >= 4 is 56.5 Å². The van der Waals surface area contributed by atoms with E-state index in [4.69, 9.17) is 28.2 Å². The number of carbonyl (C=O) groups is 1. The highest BCUT2D eigenvalue weighted by Gasteiger charge is 2.14. The number of halogens is 2. The first-order valence-corrected chi connectivity index (χ1v) is 10.9. The summed E-state index contributed by atoms with van der Waals surface area (Å²) in [6.45, 7) is 0. The second-order valence-corrected chi connectivity index (χ2v) is 8.15. The van der Waals surface area contributed by atoms with Crippen LogP contribution in [0.25, 0.3) is 22.9 Å². The van der Waals surface area contributed by atoms with Crippen LogP contribution < -0.4 is 16.2 Å². The number of nitrogens with one attached hydrogen (secondary N) is 3. The zero-order valence-corrected chi connectivity index (χ0v) is 19.5. The van der Waals surface area contributed by atoms with Crippen LogP contribution in [-0.4, -0.2) is 21.2 Å². The summed E-state index contributed by atoms with van der Waals surface area (Å²) in [5, 5.41) is 11.9. The number of thiocarbonyl (C=S) groups is 1. The van der Waals surface area contributed by atoms with Crippen molar-refractivity contribution in [3.05, 3.63) is 87.9 Å². The van der Waals surface area contributed by atoms with E-state index in [1.165, 1.54) is 0 Å². The highest BCUT2D eigenvalue weighted by atomic mass is 79.9. The average Bonchev–Trinajstić information content (AvgIpc) is 3.29. The van der Waals surface area contributed by atoms with Gasteiger partial charge in [-0.3, -0.25) is 15.6 Å². The molecule has 0 unspecified atom stereocenters. The molecule has 32 heavy (non-hydrogen) atoms. The minimum atomic E-state index is -0.352. The fourth-order valence-corrected chi connectivity index (χ4v) is 3.51. The van der Waals surface area contributed by atoms with E-state index in [0.717, 1.165) is 10.2 Å². The van der Waals surface area contributed by atoms with E-state index < -0.39 is 0 Å². The largest absolute Gasteiger partial charge is 0.416 e. The third-order valence-corrected chi connectivity index (χ3v) is 5.56. The number of hydrogen-bond donors (Lipinski definition) is 3. The first kappa shape index (κ1) is 21.9. The fraction of sp³-hybridized carbons (Fsp3) is 0. The number of hydrazine groups is 1. The predicted octanol–water partition coefficient (Wildman–Crippen LogP) is 5.45. The van der Waals surface area contributed by atoms with Crippen LogP contribution in [0.2, 0.25) is 5.02 Å². The van der Waals surface area contributed by atoms with Crippen molar-refractivity contribution in [1.29, 1.82) is 0 Å². The molecule has 0 aliphatic rings. The summed E-state index contributed by atoms with van der Waals surface area (Å²) in [6.07, 6.45) is 0. The Kier molecular flexibility index (Phi) is 6.79. The van der Waals surface area contributed by atoms with Gasteiger partial charge in [-0.2, -0.15) is 0 Å². The minimum Gasteiger partial charge on any atom is -0.416 e. The van der Waals surface area contributed by atoms with Gasteiger partial charge in [0.25, 0.3) is 5.91 Å². The van der Waals surface area contributed by atoms with Gasteiger partial charge in [-0.15, -0.1) is 10.2 Å². The lowest BCUT2D eigenvalue weighted by atomic mass is 10.1. The summed E-state index contributed by atoms with van der Waals surface area (Å²) in [6, 6.07) is 21.5. The van der Waals surface area contributed by atoms with Gasteiger partial charge in [-0.1, -0.05) is 35.9 Å². The normalized spacial score (nSPS) is 10.4. The second-order valence-electron chi connectivity index (χ2n) is 6.48. The second kappa shape index (κ2) is 9.90. The molecule has 1 heterocycles. The van der Waals surface area contributed by atoms with E-state index in [-0.39, 0.29) is 11.0 Å². The number of benzene rings is 3. The number of anilines is 1. The minimum absolute atomic E-state index is 0.250. The van der Waals surface area contributed by atoms with Crippen LogP contribution in [0.3, 0.4) is 0 Å². The van der Waals surface area contributed by atoms with Crippen LogP contribution in [-0.2, 0) is 0 Å². The Morgan fingerprint density at radius 3 is 2.34 bits per heavy atom. The third-order valence-electron chi connectivity index (χ3n) is 4.33. The Bertz CT molecular complexity index is 1280. The van der Waals surface area contributed by atoms with Gasteiger partial charge in [0.15, 0.2) is 5.11 Å². The Balaban J connectivity index is 1.37. The average molecular weight is 529 g/mol. The number of para-hydroxylation sites is 1. The summed E-state index contributed by atoms with van der Waals surface area (Å²) in [4.78, 5) is 12.4. The topological polar surface area (TPSA) is 92.1 Å². The monoisotopic (exact) mass is 527 g/mol. The quantitative estimate of drug-likeness (QED) is 0.240. The highest BCUT2D eigenvalue weighted by molar-refractivity contribution is 9.10. The van der Waals surface area contributed by atoms with Gasteiger partial charge in [0.05, 0.1) is 16.3 Å². The van der Waals surface area contributed by atoms with Gasteiger partial charge in [0.2, 0.25) is 11.8 Å². The van der Waals surface area contributed by atoms with Gasteiger partial charge < -0.3 is 9.73 Å². The SMILES string of the molecule is O=C(NNC(=S)Nc1ccccc1Br)c1ccc(-c2nnc(-c3ccccc3Cl)o2)cc1. The maximum Gasteiger partial charge on any atom is 0.269 e. The molecule has 0 radical (unpaired) electrons. The molecule has 160 valence electrons. The summed E-state index contributed by atoms with van der Waals surface area (Å²) in [5.74, 6) is 0.293. The highest BCUT2D eigenvalue weighted by Crippen LogP contribution is 2.29. The fourth-order valence-electron chi connectivity index (χ4n) is 2.75. The van der Waals surface area contributed by atoms with Gasteiger partial charge in [0, 0.05) is 15.6 Å². The van der Waals surface area contributed by atoms with Crippen molar-refractivity contribution in [3.63, 3.8) is 0 Å². The molecule has 0 aliphatic carbocycles. The molecule has 4 rings (SSSR count). The van der Waals surface area contributed by atoms with Crippen LogP contribution in [0, 0.1) is 0 Å². The van der Waals surface area contributed by atoms with Crippen molar-refractivity contribution in [2.75, 3.05) is 5.32 Å². The van der Waals surface area contributed by atoms with Crippen molar-refractivity contribution in [2.45, 2.75) is 0 Å². The molecule has 0 bridgehead atoms. The van der Waals surface area contributed by atoms with Crippen molar-refractivity contribution in [2.24, 2.45) is 0 Å². The molecule has 0 saturated heterocycles. The van der Waals surface area contributed by atoms with Gasteiger partial charge in [-0.05, 0) is 76.7 Å². The number of amides is 1. The van der Waals surface area contributed by atoms with Crippen LogP contribution in [0.15, 0.2) is 81.7 Å². The van der Waals surface area contributed by atoms with Crippen LogP contribution >= 0.6 is 39.7 Å². The van der Waals surface area contributed by atoms with Crippen molar-refractivity contribution < 1.29 is 9.21 Å². The number of nitrogens with zero attached hydrogens (tertiary/aromatic N) is 2. The smallest absolute Gasteiger partial charge is 0.269 e. The van der Waals surface area contributed by atoms with Crippen molar-refractivity contribution in [1.82, 2.24) is 21.0 Å². The standard InChI is InChI=1S/C22H15BrClN5O2S/c23-16-6-2-4-8-18(16)25-22(32)29-26-19(30)13-9-11-14(12-10-13)20-27-28-21(31-20)15-5-1-3-7-17(15)24/h1-12H,(H,26,30)(H2,25,29,32). The van der Waals surface area contributed by atoms with Gasteiger partial charge >= 0.3 is 0 Å². The Morgan fingerprint density at radius 1 is 0.906 bits per heavy atom. The summed E-state index contributed by atoms with van der Waals surface area (Å²) < 4.78 is 6.58. The Morgan fingerprint density at radius 2 is 1.59 bits per heavy atom. The maximum atomic E-state index is 12.4. The molecule has 0 atom stereocenters. The lowest BCUT2D eigenvalue weighted by Crippen LogP contribution is -2.43. The van der Waals surface area contributed by atoms with Crippen LogP contribution in [0.5, 0.6) is 0 Å². The van der Waals surface area contributed by atoms with Crippen molar-refractivity contribution in [3.8, 4) is 22.9 Å². The molecule has 4 aromatic rings. The molecule has 3 aromatic carbocycles. The molecule has 3 N–H and O–H groups in total. The molecule has 0 saturated carbocycles. The van der Waals surface area contributed by atoms with Gasteiger partial charge in [0.1, 0.15) is 0 Å². The van der Waals surface area contributed by atoms with E-state index in [9.17, 15) is 4.79 Å². The molecule has 1 aromatic heterocycles. The van der Waals surface area contributed by atoms with E-state index in [1.54, 1.807) is 36.4 Å². The van der Waals surface area contributed by atoms with E-state index >= 15 is 0 Å². The zero-order valence-electron chi connectivity index (χ0n) is 16.3. The maximum absolute atomic E-state index is 12.4. The molecule has 0 aliphatic heterocycles. The van der Waals surface area contributed by atoms with Crippen LogP contribution in [0.4, 0.5) is 5.69 Å². The predicted molar refractivity (Wildman–Crippen MR) is 131 cm³/mol. The molecule has 1 amide bonds.